The molecule has 43 heavy (non-hydrogen) atoms. The molecule has 3 fully saturated rings. The molecule has 224 valence electrons. The van der Waals surface area contributed by atoms with E-state index in [1.165, 1.54) is 19.2 Å². The van der Waals surface area contributed by atoms with E-state index in [0.29, 0.717) is 54.5 Å². The molecule has 3 saturated carbocycles. The van der Waals surface area contributed by atoms with Gasteiger partial charge in [-0.15, -0.1) is 0 Å². The molecule has 0 aliphatic heterocycles. The zero-order valence-electron chi connectivity index (χ0n) is 24.8. The summed E-state index contributed by atoms with van der Waals surface area (Å²) in [7, 11) is 1.52. The highest BCUT2D eigenvalue weighted by molar-refractivity contribution is 9.10. The van der Waals surface area contributed by atoms with Gasteiger partial charge in [0.1, 0.15) is 11.6 Å². The van der Waals surface area contributed by atoms with Crippen molar-refractivity contribution in [1.29, 1.82) is 0 Å². The fraction of sp³-hybridized carbons (Fsp3) is 0.343. The largest absolute Gasteiger partial charge is 0.496 e. The number of benzene rings is 3. The van der Waals surface area contributed by atoms with Crippen LogP contribution in [0.3, 0.4) is 0 Å². The van der Waals surface area contributed by atoms with E-state index in [0.717, 1.165) is 26.7 Å². The monoisotopic (exact) mass is 646 g/mol. The average molecular weight is 648 g/mol. The number of rotatable bonds is 6. The highest BCUT2D eigenvalue weighted by atomic mass is 79.9. The molecule has 0 saturated heterocycles. The molecule has 1 aromatic heterocycles. The second-order valence-electron chi connectivity index (χ2n) is 11.3. The van der Waals surface area contributed by atoms with Crippen molar-refractivity contribution in [2.75, 3.05) is 7.11 Å². The first kappa shape index (κ1) is 30.7. The summed E-state index contributed by atoms with van der Waals surface area (Å²) in [5, 5.41) is 14.3. The lowest BCUT2D eigenvalue weighted by Crippen LogP contribution is -2.62. The van der Waals surface area contributed by atoms with Crippen LogP contribution >= 0.6 is 15.9 Å². The minimum Gasteiger partial charge on any atom is -0.496 e. The predicted molar refractivity (Wildman–Crippen MR) is 170 cm³/mol. The van der Waals surface area contributed by atoms with Crippen LogP contribution in [-0.2, 0) is 4.79 Å². The van der Waals surface area contributed by atoms with E-state index < -0.39 is 28.7 Å². The van der Waals surface area contributed by atoms with E-state index in [2.05, 4.69) is 21.2 Å². The number of hydrogen-bond acceptors (Lipinski definition) is 4. The number of carboxylic acids is 1. The zero-order valence-corrected chi connectivity index (χ0v) is 26.4. The van der Waals surface area contributed by atoms with Crippen molar-refractivity contribution in [2.24, 2.45) is 5.41 Å². The molecule has 1 unspecified atom stereocenters. The summed E-state index contributed by atoms with van der Waals surface area (Å²) in [6, 6.07) is 19.8. The Kier molecular flexibility index (Phi) is 8.61. The van der Waals surface area contributed by atoms with Crippen molar-refractivity contribution in [3.05, 3.63) is 93.7 Å². The number of nitrogens with zero attached hydrogens (tertiary/aromatic N) is 1. The number of aliphatic carboxylic acids is 1. The molecule has 3 aliphatic carbocycles. The van der Waals surface area contributed by atoms with E-state index in [9.17, 15) is 19.1 Å². The van der Waals surface area contributed by atoms with Gasteiger partial charge in [0.25, 0.3) is 5.91 Å². The standard InChI is InChI=1S/C33H30BrFN2O4.C2H6/c1-19-28(24-16-21(34)8-10-26(24)36-29(19)20-6-4-3-5-7-20)30(38)37-33-14-12-32(13-15-33,31(39)40)18-25(33)23-17-22(35)9-11-27(23)41-2;1-2/h3-11,16-17,25H,12-15,18H2,1-2H3,(H,37,38)(H,39,40);1-2H3. The lowest BCUT2D eigenvalue weighted by Gasteiger charge is -2.56. The Labute approximate surface area is 259 Å². The van der Waals surface area contributed by atoms with Gasteiger partial charge in [-0.1, -0.05) is 60.1 Å². The van der Waals surface area contributed by atoms with Gasteiger partial charge in [-0.05, 0) is 81.0 Å². The summed E-state index contributed by atoms with van der Waals surface area (Å²) in [4.78, 5) is 31.8. The quantitative estimate of drug-likeness (QED) is 0.219. The summed E-state index contributed by atoms with van der Waals surface area (Å²) in [6.45, 7) is 5.91. The number of ether oxygens (including phenoxy) is 1. The second-order valence-corrected chi connectivity index (χ2v) is 12.2. The molecule has 4 aromatic rings. The maximum absolute atomic E-state index is 14.6. The molecule has 0 radical (unpaired) electrons. The van der Waals surface area contributed by atoms with Crippen LogP contribution in [0.25, 0.3) is 22.2 Å². The highest BCUT2D eigenvalue weighted by Gasteiger charge is 2.59. The number of carboxylic acid groups (broad SMARTS) is 1. The Hall–Kier alpha value is -3.78. The smallest absolute Gasteiger partial charge is 0.309 e. The number of amides is 1. The van der Waals surface area contributed by atoms with Gasteiger partial charge in [-0.25, -0.2) is 9.37 Å². The Bertz CT molecular complexity index is 1680. The van der Waals surface area contributed by atoms with Crippen molar-refractivity contribution in [3.63, 3.8) is 0 Å². The molecule has 8 heteroatoms. The summed E-state index contributed by atoms with van der Waals surface area (Å²) < 4.78 is 21.0. The van der Waals surface area contributed by atoms with E-state index in [-0.39, 0.29) is 5.91 Å². The molecular weight excluding hydrogens is 611 g/mol. The van der Waals surface area contributed by atoms with Crippen molar-refractivity contribution in [1.82, 2.24) is 10.3 Å². The first-order valence-electron chi connectivity index (χ1n) is 14.7. The number of fused-ring (bicyclic) bond motifs is 4. The number of carbonyl (C=O) groups excluding carboxylic acids is 1. The number of aromatic nitrogens is 1. The van der Waals surface area contributed by atoms with Gasteiger partial charge in [-0.2, -0.15) is 0 Å². The fourth-order valence-corrected chi connectivity index (χ4v) is 7.36. The Morgan fingerprint density at radius 1 is 1.02 bits per heavy atom. The maximum atomic E-state index is 14.6. The van der Waals surface area contributed by atoms with Crippen LogP contribution in [0.2, 0.25) is 0 Å². The first-order chi connectivity index (χ1) is 20.7. The van der Waals surface area contributed by atoms with Gasteiger partial charge in [0.15, 0.2) is 0 Å². The maximum Gasteiger partial charge on any atom is 0.309 e. The number of methoxy groups -OCH3 is 1. The Morgan fingerprint density at radius 2 is 1.72 bits per heavy atom. The van der Waals surface area contributed by atoms with Gasteiger partial charge >= 0.3 is 5.97 Å². The van der Waals surface area contributed by atoms with Crippen LogP contribution in [0.4, 0.5) is 4.39 Å². The van der Waals surface area contributed by atoms with Gasteiger partial charge in [0.2, 0.25) is 0 Å². The number of pyridine rings is 1. The molecule has 7 rings (SSSR count). The molecule has 1 heterocycles. The minimum atomic E-state index is -0.918. The average Bonchev–Trinajstić information content (AvgIpc) is 3.02. The SMILES string of the molecule is CC.COc1ccc(F)cc1C1CC2(C(=O)O)CCC1(NC(=O)c1c(C)c(-c3ccccc3)nc3ccc(Br)cc13)CC2. The van der Waals surface area contributed by atoms with Crippen LogP contribution in [0.1, 0.15) is 73.4 Å². The summed E-state index contributed by atoms with van der Waals surface area (Å²) in [6.07, 6.45) is 2.10. The van der Waals surface area contributed by atoms with E-state index in [4.69, 9.17) is 9.72 Å². The van der Waals surface area contributed by atoms with Crippen LogP contribution in [0.5, 0.6) is 5.75 Å². The van der Waals surface area contributed by atoms with E-state index >= 15 is 0 Å². The van der Waals surface area contributed by atoms with Gasteiger partial charge in [0.05, 0.1) is 29.3 Å². The summed E-state index contributed by atoms with van der Waals surface area (Å²) >= 11 is 3.55. The van der Waals surface area contributed by atoms with Crippen LogP contribution < -0.4 is 10.1 Å². The third-order valence-corrected chi connectivity index (χ3v) is 9.70. The second kappa shape index (κ2) is 12.1. The van der Waals surface area contributed by atoms with Crippen LogP contribution in [0.15, 0.2) is 71.2 Å². The number of halogens is 2. The fourth-order valence-electron chi connectivity index (χ4n) is 7.00. The van der Waals surface area contributed by atoms with Gasteiger partial charge in [0, 0.05) is 32.4 Å². The zero-order chi connectivity index (χ0) is 30.9. The lowest BCUT2D eigenvalue weighted by molar-refractivity contribution is -0.157. The van der Waals surface area contributed by atoms with Gasteiger partial charge < -0.3 is 15.2 Å². The number of hydrogen-bond donors (Lipinski definition) is 2. The van der Waals surface area contributed by atoms with Crippen molar-refractivity contribution >= 4 is 38.7 Å². The molecular formula is C35H36BrFN2O4. The topological polar surface area (TPSA) is 88.5 Å². The number of nitrogens with one attached hydrogen (secondary N) is 1. The summed E-state index contributed by atoms with van der Waals surface area (Å²) in [5.41, 5.74) is 2.50. The van der Waals surface area contributed by atoms with Gasteiger partial charge in [-0.3, -0.25) is 9.59 Å². The third-order valence-electron chi connectivity index (χ3n) is 9.21. The lowest BCUT2D eigenvalue weighted by atomic mass is 9.51. The molecule has 2 bridgehead atoms. The number of carbonyl (C=O) groups is 2. The molecule has 1 amide bonds. The van der Waals surface area contributed by atoms with Crippen molar-refractivity contribution in [3.8, 4) is 17.0 Å². The normalized spacial score (nSPS) is 22.4. The molecule has 6 nitrogen and oxygen atoms in total. The van der Waals surface area contributed by atoms with E-state index in [1.54, 1.807) is 6.07 Å². The third kappa shape index (κ3) is 5.42. The predicted octanol–water partition coefficient (Wildman–Crippen LogP) is 8.45. The van der Waals surface area contributed by atoms with E-state index in [1.807, 2.05) is 69.3 Å². The van der Waals surface area contributed by atoms with Crippen molar-refractivity contribution in [2.45, 2.75) is 64.3 Å². The van der Waals surface area contributed by atoms with Crippen LogP contribution in [0, 0.1) is 18.2 Å². The Balaban J connectivity index is 0.00000180. The molecule has 3 aromatic carbocycles. The molecule has 1 atom stereocenters. The van der Waals surface area contributed by atoms with Crippen molar-refractivity contribution < 1.29 is 23.8 Å². The Morgan fingerprint density at radius 3 is 2.37 bits per heavy atom. The minimum absolute atomic E-state index is 0.254. The van der Waals surface area contributed by atoms with Crippen LogP contribution in [-0.4, -0.2) is 34.6 Å². The highest BCUT2D eigenvalue weighted by Crippen LogP contribution is 2.60. The first-order valence-corrected chi connectivity index (χ1v) is 15.5. The summed E-state index contributed by atoms with van der Waals surface area (Å²) in [5.74, 6) is -1.48. The molecule has 0 spiro atoms. The molecule has 3 aliphatic rings. The molecule has 2 N–H and O–H groups in total.